The topological polar surface area (TPSA) is 81.9 Å². The smallest absolute Gasteiger partial charge is 0.220 e. The van der Waals surface area contributed by atoms with Crippen molar-refractivity contribution in [2.75, 3.05) is 18.0 Å². The van der Waals surface area contributed by atoms with Crippen molar-refractivity contribution in [3.8, 4) is 6.07 Å². The molecule has 0 spiro atoms. The largest absolute Gasteiger partial charge is 0.367 e. The van der Waals surface area contributed by atoms with Gasteiger partial charge in [-0.25, -0.2) is 0 Å². The summed E-state index contributed by atoms with van der Waals surface area (Å²) in [6.45, 7) is 7.94. The summed E-state index contributed by atoms with van der Waals surface area (Å²) in [6.07, 6.45) is 4.79. The van der Waals surface area contributed by atoms with Crippen molar-refractivity contribution < 1.29 is 4.79 Å². The van der Waals surface area contributed by atoms with Crippen LogP contribution in [0.5, 0.6) is 0 Å². The van der Waals surface area contributed by atoms with Crippen LogP contribution in [0.15, 0.2) is 24.5 Å². The minimum absolute atomic E-state index is 0.114. The molecule has 0 aliphatic carbocycles. The van der Waals surface area contributed by atoms with E-state index in [1.807, 2.05) is 6.07 Å². The van der Waals surface area contributed by atoms with Crippen molar-refractivity contribution in [3.63, 3.8) is 0 Å². The van der Waals surface area contributed by atoms with Gasteiger partial charge < -0.3 is 10.2 Å². The minimum atomic E-state index is 0.114. The summed E-state index contributed by atoms with van der Waals surface area (Å²) >= 11 is 0. The molecule has 0 bridgehead atoms. The van der Waals surface area contributed by atoms with Crippen LogP contribution >= 0.6 is 0 Å². The summed E-state index contributed by atoms with van der Waals surface area (Å²) in [6, 6.07) is 6.05. The fourth-order valence-electron chi connectivity index (χ4n) is 3.70. The van der Waals surface area contributed by atoms with Crippen molar-refractivity contribution >= 4 is 22.6 Å². The Hall–Kier alpha value is -2.68. The van der Waals surface area contributed by atoms with E-state index in [9.17, 15) is 10.1 Å². The average Bonchev–Trinajstić information content (AvgIpc) is 2.59. The lowest BCUT2D eigenvalue weighted by molar-refractivity contribution is -0.122. The molecule has 1 aromatic heterocycles. The molecule has 1 fully saturated rings. The van der Waals surface area contributed by atoms with Gasteiger partial charge >= 0.3 is 0 Å². The molecular formula is C20H25N5O. The number of nitrogens with zero attached hydrogens (tertiary/aromatic N) is 4. The number of amides is 1. The van der Waals surface area contributed by atoms with E-state index in [0.717, 1.165) is 30.7 Å². The summed E-state index contributed by atoms with van der Waals surface area (Å²) < 4.78 is 0. The number of benzene rings is 1. The summed E-state index contributed by atoms with van der Waals surface area (Å²) in [5.41, 5.74) is 2.88. The van der Waals surface area contributed by atoms with Crippen LogP contribution in [0.2, 0.25) is 0 Å². The summed E-state index contributed by atoms with van der Waals surface area (Å²) in [7, 11) is 0. The molecule has 6 nitrogen and oxygen atoms in total. The molecule has 1 N–H and O–H groups in total. The highest BCUT2D eigenvalue weighted by atomic mass is 16.1. The van der Waals surface area contributed by atoms with Crippen molar-refractivity contribution in [2.45, 2.75) is 39.7 Å². The van der Waals surface area contributed by atoms with E-state index in [0.29, 0.717) is 29.3 Å². The molecule has 1 aliphatic heterocycles. The number of hydrogen-bond acceptors (Lipinski definition) is 5. The quantitative estimate of drug-likeness (QED) is 0.916. The van der Waals surface area contributed by atoms with E-state index in [-0.39, 0.29) is 11.9 Å². The highest BCUT2D eigenvalue weighted by molar-refractivity contribution is 5.92. The van der Waals surface area contributed by atoms with Crippen LogP contribution in [0.25, 0.3) is 11.0 Å². The third kappa shape index (κ3) is 3.93. The SMILES string of the molecule is CC(C)CC(=O)NC1CC(C)CN(c2ccc(C#N)c3nccnc23)C1. The molecule has 1 aliphatic rings. The van der Waals surface area contributed by atoms with Crippen LogP contribution in [0, 0.1) is 23.2 Å². The zero-order valence-electron chi connectivity index (χ0n) is 15.6. The number of carbonyl (C=O) groups is 1. The maximum atomic E-state index is 12.2. The molecule has 2 aromatic rings. The Kier molecular flexibility index (Phi) is 5.36. The number of rotatable bonds is 4. The first-order chi connectivity index (χ1) is 12.5. The van der Waals surface area contributed by atoms with Crippen molar-refractivity contribution in [1.29, 1.82) is 5.26 Å². The van der Waals surface area contributed by atoms with Crippen LogP contribution in [-0.4, -0.2) is 35.0 Å². The van der Waals surface area contributed by atoms with E-state index in [1.165, 1.54) is 0 Å². The first kappa shape index (κ1) is 18.1. The molecule has 1 aromatic carbocycles. The molecule has 1 saturated heterocycles. The second kappa shape index (κ2) is 7.69. The fraction of sp³-hybridized carbons (Fsp3) is 0.500. The van der Waals surface area contributed by atoms with Gasteiger partial charge in [0, 0.05) is 37.9 Å². The average molecular weight is 351 g/mol. The van der Waals surface area contributed by atoms with E-state index in [4.69, 9.17) is 0 Å². The molecule has 2 unspecified atom stereocenters. The lowest BCUT2D eigenvalue weighted by atomic mass is 9.94. The van der Waals surface area contributed by atoms with E-state index in [2.05, 4.69) is 47.0 Å². The first-order valence-corrected chi connectivity index (χ1v) is 9.16. The van der Waals surface area contributed by atoms with Crippen LogP contribution in [0.3, 0.4) is 0 Å². The minimum Gasteiger partial charge on any atom is -0.367 e. The second-order valence-electron chi connectivity index (χ2n) is 7.61. The molecular weight excluding hydrogens is 326 g/mol. The van der Waals surface area contributed by atoms with Gasteiger partial charge in [0.25, 0.3) is 0 Å². The molecule has 6 heteroatoms. The lowest BCUT2D eigenvalue weighted by Crippen LogP contribution is -2.50. The van der Waals surface area contributed by atoms with Gasteiger partial charge in [-0.1, -0.05) is 20.8 Å². The molecule has 26 heavy (non-hydrogen) atoms. The van der Waals surface area contributed by atoms with Crippen LogP contribution < -0.4 is 10.2 Å². The Balaban J connectivity index is 1.86. The summed E-state index contributed by atoms with van der Waals surface area (Å²) in [5, 5.41) is 12.5. The van der Waals surface area contributed by atoms with Gasteiger partial charge in [-0.3, -0.25) is 14.8 Å². The van der Waals surface area contributed by atoms with Crippen molar-refractivity contribution in [2.24, 2.45) is 11.8 Å². The van der Waals surface area contributed by atoms with Gasteiger partial charge in [0.2, 0.25) is 5.91 Å². The molecule has 0 radical (unpaired) electrons. The molecule has 0 saturated carbocycles. The monoisotopic (exact) mass is 351 g/mol. The normalized spacial score (nSPS) is 20.2. The maximum absolute atomic E-state index is 12.2. The Morgan fingerprint density at radius 2 is 2.04 bits per heavy atom. The van der Waals surface area contributed by atoms with Gasteiger partial charge in [0.15, 0.2) is 0 Å². The molecule has 3 rings (SSSR count). The third-order valence-corrected chi connectivity index (χ3v) is 4.68. The third-order valence-electron chi connectivity index (χ3n) is 4.68. The lowest BCUT2D eigenvalue weighted by Gasteiger charge is -2.38. The number of fused-ring (bicyclic) bond motifs is 1. The highest BCUT2D eigenvalue weighted by Gasteiger charge is 2.27. The van der Waals surface area contributed by atoms with Gasteiger partial charge in [-0.05, 0) is 30.4 Å². The van der Waals surface area contributed by atoms with Gasteiger partial charge in [-0.15, -0.1) is 0 Å². The standard InChI is InChI=1S/C20H25N5O/c1-13(2)8-18(26)24-16-9-14(3)11-25(12-16)17-5-4-15(10-21)19-20(17)23-7-6-22-19/h4-7,13-14,16H,8-9,11-12H2,1-3H3,(H,24,26). The Labute approximate surface area is 154 Å². The van der Waals surface area contributed by atoms with E-state index in [1.54, 1.807) is 18.5 Å². The highest BCUT2D eigenvalue weighted by Crippen LogP contribution is 2.30. The maximum Gasteiger partial charge on any atom is 0.220 e. The summed E-state index contributed by atoms with van der Waals surface area (Å²) in [5.74, 6) is 0.920. The molecule has 2 atom stereocenters. The van der Waals surface area contributed by atoms with Gasteiger partial charge in [0.1, 0.15) is 17.1 Å². The Morgan fingerprint density at radius 3 is 2.73 bits per heavy atom. The first-order valence-electron chi connectivity index (χ1n) is 9.16. The van der Waals surface area contributed by atoms with Crippen LogP contribution in [0.4, 0.5) is 5.69 Å². The molecule has 2 heterocycles. The molecule has 136 valence electrons. The van der Waals surface area contributed by atoms with Gasteiger partial charge in [0.05, 0.1) is 11.3 Å². The fourth-order valence-corrected chi connectivity index (χ4v) is 3.70. The van der Waals surface area contributed by atoms with E-state index < -0.39 is 0 Å². The van der Waals surface area contributed by atoms with Crippen LogP contribution in [-0.2, 0) is 4.79 Å². The van der Waals surface area contributed by atoms with Crippen molar-refractivity contribution in [3.05, 3.63) is 30.1 Å². The Bertz CT molecular complexity index is 842. The number of carbonyl (C=O) groups excluding carboxylic acids is 1. The number of piperidine rings is 1. The summed E-state index contributed by atoms with van der Waals surface area (Å²) in [4.78, 5) is 23.3. The van der Waals surface area contributed by atoms with Crippen molar-refractivity contribution in [1.82, 2.24) is 15.3 Å². The zero-order valence-corrected chi connectivity index (χ0v) is 15.6. The predicted octanol–water partition coefficient (Wildman–Crippen LogP) is 2.88. The van der Waals surface area contributed by atoms with Gasteiger partial charge in [-0.2, -0.15) is 5.26 Å². The second-order valence-corrected chi connectivity index (χ2v) is 7.61. The number of nitriles is 1. The number of hydrogen-bond donors (Lipinski definition) is 1. The van der Waals surface area contributed by atoms with E-state index >= 15 is 0 Å². The zero-order chi connectivity index (χ0) is 18.7. The van der Waals surface area contributed by atoms with Crippen LogP contribution in [0.1, 0.15) is 39.2 Å². The number of nitrogens with one attached hydrogen (secondary N) is 1. The predicted molar refractivity (Wildman–Crippen MR) is 102 cm³/mol. The Morgan fingerprint density at radius 1 is 1.31 bits per heavy atom. The molecule has 1 amide bonds. The number of aromatic nitrogens is 2. The number of anilines is 1.